The molecule has 4 rings (SSSR count). The van der Waals surface area contributed by atoms with Gasteiger partial charge in [-0.05, 0) is 110 Å². The molecule has 0 aromatic rings. The van der Waals surface area contributed by atoms with Crippen molar-refractivity contribution in [1.29, 1.82) is 0 Å². The van der Waals surface area contributed by atoms with Gasteiger partial charge in [-0.1, -0.05) is 60.3 Å². The van der Waals surface area contributed by atoms with Crippen molar-refractivity contribution in [2.45, 2.75) is 124 Å². The highest BCUT2D eigenvalue weighted by molar-refractivity contribution is 5.09. The maximum atomic E-state index is 10.4. The lowest BCUT2D eigenvalue weighted by Crippen LogP contribution is -2.52. The summed E-state index contributed by atoms with van der Waals surface area (Å²) < 4.78 is 0. The molecule has 0 radical (unpaired) electrons. The normalized spacial score (nSPS) is 48.5. The van der Waals surface area contributed by atoms with Gasteiger partial charge in [0, 0.05) is 0 Å². The van der Waals surface area contributed by atoms with Gasteiger partial charge in [0.2, 0.25) is 0 Å². The first-order valence-electron chi connectivity index (χ1n) is 13.4. The van der Waals surface area contributed by atoms with Crippen LogP contribution in [0.5, 0.6) is 0 Å². The molecule has 0 bridgehead atoms. The maximum absolute atomic E-state index is 10.4. The van der Waals surface area contributed by atoms with Crippen molar-refractivity contribution in [2.24, 2.45) is 52.3 Å². The quantitative estimate of drug-likeness (QED) is 0.496. The zero-order valence-corrected chi connectivity index (χ0v) is 20.3. The third-order valence-electron chi connectivity index (χ3n) is 11.1. The summed E-state index contributed by atoms with van der Waals surface area (Å²) in [4.78, 5) is 0. The van der Waals surface area contributed by atoms with Crippen LogP contribution in [0.15, 0.2) is 0 Å². The van der Waals surface area contributed by atoms with E-state index in [0.29, 0.717) is 10.8 Å². The number of hydrogen-bond donors (Lipinski definition) is 1. The molecule has 0 unspecified atom stereocenters. The Morgan fingerprint density at radius 1 is 0.828 bits per heavy atom. The van der Waals surface area contributed by atoms with Gasteiger partial charge >= 0.3 is 0 Å². The molecule has 168 valence electrons. The van der Waals surface area contributed by atoms with E-state index in [9.17, 15) is 5.11 Å². The first-order valence-corrected chi connectivity index (χ1v) is 13.4. The van der Waals surface area contributed by atoms with Gasteiger partial charge in [-0.25, -0.2) is 0 Å². The maximum Gasteiger partial charge on any atom is 0.0543 e. The predicted octanol–water partition coefficient (Wildman–Crippen LogP) is 7.86. The molecule has 4 aliphatic carbocycles. The molecular weight excluding hydrogens is 352 g/mol. The summed E-state index contributed by atoms with van der Waals surface area (Å²) in [6, 6.07) is 0. The van der Waals surface area contributed by atoms with Crippen LogP contribution in [0.4, 0.5) is 0 Å². The molecule has 0 spiro atoms. The Morgan fingerprint density at radius 2 is 1.59 bits per heavy atom. The summed E-state index contributed by atoms with van der Waals surface area (Å²) in [7, 11) is 0. The van der Waals surface area contributed by atoms with Crippen molar-refractivity contribution in [1.82, 2.24) is 0 Å². The minimum absolute atomic E-state index is 0.0187. The molecule has 0 amide bonds. The van der Waals surface area contributed by atoms with Crippen LogP contribution in [0.2, 0.25) is 0 Å². The lowest BCUT2D eigenvalue weighted by atomic mass is 9.46. The number of aliphatic hydroxyl groups is 1. The van der Waals surface area contributed by atoms with E-state index in [2.05, 4.69) is 34.6 Å². The average molecular weight is 403 g/mol. The second-order valence-electron chi connectivity index (χ2n) is 13.0. The van der Waals surface area contributed by atoms with E-state index in [4.69, 9.17) is 0 Å². The molecule has 0 heterocycles. The zero-order chi connectivity index (χ0) is 20.8. The molecule has 29 heavy (non-hydrogen) atoms. The second kappa shape index (κ2) is 8.48. The molecule has 1 nitrogen and oxygen atoms in total. The van der Waals surface area contributed by atoms with E-state index in [1.165, 1.54) is 70.6 Å². The number of rotatable bonds is 5. The van der Waals surface area contributed by atoms with Crippen LogP contribution < -0.4 is 0 Å². The van der Waals surface area contributed by atoms with Crippen LogP contribution in [0, 0.1) is 52.3 Å². The van der Waals surface area contributed by atoms with Gasteiger partial charge in [0.1, 0.15) is 0 Å². The standard InChI is InChI=1S/C28H50O/c1-19(2)8-6-9-20(3)24-13-14-25-23-12-11-21-18-22(29)10-7-16-27(21,4)26(23)15-17-28(24,25)5/h19-26,29H,6-18H2,1-5H3/t20-,21+,22+,23-,24-,25+,26+,27-,28-/m0/s1. The second-order valence-corrected chi connectivity index (χ2v) is 13.0. The number of fused-ring (bicyclic) bond motifs is 5. The minimum Gasteiger partial charge on any atom is -0.393 e. The Kier molecular flexibility index (Phi) is 6.48. The number of aliphatic hydroxyl groups excluding tert-OH is 1. The summed E-state index contributed by atoms with van der Waals surface area (Å²) in [5.74, 6) is 6.46. The van der Waals surface area contributed by atoms with E-state index < -0.39 is 0 Å². The molecule has 1 heteroatoms. The molecule has 4 fully saturated rings. The van der Waals surface area contributed by atoms with Gasteiger partial charge < -0.3 is 5.11 Å². The Balaban J connectivity index is 1.47. The summed E-state index contributed by atoms with van der Waals surface area (Å²) in [5.41, 5.74) is 1.13. The van der Waals surface area contributed by atoms with Crippen molar-refractivity contribution in [3.8, 4) is 0 Å². The van der Waals surface area contributed by atoms with Crippen molar-refractivity contribution in [3.63, 3.8) is 0 Å². The topological polar surface area (TPSA) is 20.2 Å². The van der Waals surface area contributed by atoms with Gasteiger partial charge in [0.15, 0.2) is 0 Å². The smallest absolute Gasteiger partial charge is 0.0543 e. The fourth-order valence-electron chi connectivity index (χ4n) is 9.50. The lowest BCUT2D eigenvalue weighted by molar-refractivity contribution is -0.106. The van der Waals surface area contributed by atoms with Crippen molar-refractivity contribution in [2.75, 3.05) is 0 Å². The molecule has 0 aliphatic heterocycles. The molecule has 9 atom stereocenters. The van der Waals surface area contributed by atoms with Crippen LogP contribution in [-0.2, 0) is 0 Å². The monoisotopic (exact) mass is 402 g/mol. The highest BCUT2D eigenvalue weighted by atomic mass is 16.3. The summed E-state index contributed by atoms with van der Waals surface area (Å²) >= 11 is 0. The fourth-order valence-corrected chi connectivity index (χ4v) is 9.50. The van der Waals surface area contributed by atoms with Gasteiger partial charge in [-0.15, -0.1) is 0 Å². The molecule has 4 aliphatic rings. The Labute approximate surface area is 181 Å². The largest absolute Gasteiger partial charge is 0.393 e. The molecule has 0 aromatic heterocycles. The van der Waals surface area contributed by atoms with Crippen molar-refractivity contribution < 1.29 is 5.11 Å². The van der Waals surface area contributed by atoms with E-state index in [1.807, 2.05) is 0 Å². The van der Waals surface area contributed by atoms with Crippen molar-refractivity contribution >= 4 is 0 Å². The molecule has 0 saturated heterocycles. The van der Waals surface area contributed by atoms with Crippen LogP contribution in [0.3, 0.4) is 0 Å². The van der Waals surface area contributed by atoms with Crippen LogP contribution >= 0.6 is 0 Å². The third kappa shape index (κ3) is 3.96. The van der Waals surface area contributed by atoms with E-state index in [-0.39, 0.29) is 6.10 Å². The zero-order valence-electron chi connectivity index (χ0n) is 20.3. The SMILES string of the molecule is CC(C)CCC[C@H](C)[C@@H]1CC[C@@H]2[C@@H]3CC[C@@H]4C[C@H](O)CCC[C@]4(C)[C@@H]3CC[C@]21C. The Bertz CT molecular complexity index is 555. The fraction of sp³-hybridized carbons (Fsp3) is 1.00. The third-order valence-corrected chi connectivity index (χ3v) is 11.1. The highest BCUT2D eigenvalue weighted by Gasteiger charge is 2.60. The average Bonchev–Trinajstić information content (AvgIpc) is 2.92. The number of hydrogen-bond acceptors (Lipinski definition) is 1. The van der Waals surface area contributed by atoms with Gasteiger partial charge in [0.25, 0.3) is 0 Å². The Hall–Kier alpha value is -0.0400. The molecular formula is C28H50O. The van der Waals surface area contributed by atoms with Crippen LogP contribution in [0.1, 0.15) is 118 Å². The Morgan fingerprint density at radius 3 is 2.34 bits per heavy atom. The van der Waals surface area contributed by atoms with Crippen molar-refractivity contribution in [3.05, 3.63) is 0 Å². The summed E-state index contributed by atoms with van der Waals surface area (Å²) in [6.45, 7) is 12.7. The first-order chi connectivity index (χ1) is 13.8. The van der Waals surface area contributed by atoms with E-state index in [0.717, 1.165) is 54.3 Å². The van der Waals surface area contributed by atoms with Crippen LogP contribution in [0.25, 0.3) is 0 Å². The van der Waals surface area contributed by atoms with Crippen LogP contribution in [-0.4, -0.2) is 11.2 Å². The lowest BCUT2D eigenvalue weighted by Gasteiger charge is -2.59. The van der Waals surface area contributed by atoms with E-state index >= 15 is 0 Å². The highest BCUT2D eigenvalue weighted by Crippen LogP contribution is 2.68. The predicted molar refractivity (Wildman–Crippen MR) is 124 cm³/mol. The van der Waals surface area contributed by atoms with Gasteiger partial charge in [-0.2, -0.15) is 0 Å². The molecule has 1 N–H and O–H groups in total. The van der Waals surface area contributed by atoms with E-state index in [1.54, 1.807) is 0 Å². The van der Waals surface area contributed by atoms with Gasteiger partial charge in [-0.3, -0.25) is 0 Å². The first kappa shape index (κ1) is 22.2. The summed E-state index contributed by atoms with van der Waals surface area (Å²) in [6.07, 6.45) is 17.9. The molecule has 0 aromatic carbocycles. The minimum atomic E-state index is -0.0187. The summed E-state index contributed by atoms with van der Waals surface area (Å²) in [5, 5.41) is 10.4. The molecule has 4 saturated carbocycles. The van der Waals surface area contributed by atoms with Gasteiger partial charge in [0.05, 0.1) is 6.10 Å².